The summed E-state index contributed by atoms with van der Waals surface area (Å²) in [4.78, 5) is 19.6. The van der Waals surface area contributed by atoms with Crippen LogP contribution in [0.2, 0.25) is 5.15 Å². The molecular formula is C21H13BrClN5O. The number of hydrogen-bond acceptors (Lipinski definition) is 4. The van der Waals surface area contributed by atoms with Gasteiger partial charge < -0.3 is 4.98 Å². The van der Waals surface area contributed by atoms with Gasteiger partial charge in [-0.15, -0.1) is 0 Å². The number of rotatable bonds is 3. The second kappa shape index (κ2) is 7.66. The average Bonchev–Trinajstić information content (AvgIpc) is 3.01. The first kappa shape index (κ1) is 19.1. The summed E-state index contributed by atoms with van der Waals surface area (Å²) in [6.07, 6.45) is 1.59. The van der Waals surface area contributed by atoms with E-state index in [9.17, 15) is 10.1 Å². The maximum atomic E-state index is 12.5. The van der Waals surface area contributed by atoms with Crippen molar-refractivity contribution in [3.63, 3.8) is 0 Å². The molecule has 0 atom stereocenters. The molecule has 0 radical (unpaired) electrons. The number of para-hydroxylation sites is 1. The highest BCUT2D eigenvalue weighted by molar-refractivity contribution is 9.10. The maximum absolute atomic E-state index is 12.5. The first-order valence-electron chi connectivity index (χ1n) is 8.60. The SMILES string of the molecule is Cc1nn(-c2ccccc2)c(Cl)c1/C=C(\C#N)c1nc2ccc(Br)cc2c(=O)[nH]1. The van der Waals surface area contributed by atoms with Crippen LogP contribution in [0.15, 0.2) is 57.8 Å². The lowest BCUT2D eigenvalue weighted by molar-refractivity contribution is 0.863. The molecule has 142 valence electrons. The van der Waals surface area contributed by atoms with Crippen LogP contribution < -0.4 is 5.56 Å². The van der Waals surface area contributed by atoms with E-state index in [2.05, 4.69) is 37.1 Å². The van der Waals surface area contributed by atoms with Gasteiger partial charge in [-0.05, 0) is 43.3 Å². The van der Waals surface area contributed by atoms with Crippen LogP contribution in [-0.4, -0.2) is 19.7 Å². The zero-order valence-electron chi connectivity index (χ0n) is 15.1. The molecule has 1 N–H and O–H groups in total. The van der Waals surface area contributed by atoms with Gasteiger partial charge >= 0.3 is 0 Å². The Kier molecular flexibility index (Phi) is 5.05. The third-order valence-corrected chi connectivity index (χ3v) is 5.24. The van der Waals surface area contributed by atoms with Gasteiger partial charge in [0.15, 0.2) is 5.82 Å². The number of nitriles is 1. The molecule has 0 spiro atoms. The van der Waals surface area contributed by atoms with Gasteiger partial charge in [0.2, 0.25) is 0 Å². The normalized spacial score (nSPS) is 11.6. The number of aromatic nitrogens is 4. The molecule has 2 aromatic carbocycles. The fraction of sp³-hybridized carbons (Fsp3) is 0.0476. The fourth-order valence-corrected chi connectivity index (χ4v) is 3.64. The van der Waals surface area contributed by atoms with Crippen molar-refractivity contribution < 1.29 is 0 Å². The summed E-state index contributed by atoms with van der Waals surface area (Å²) in [6.45, 7) is 1.81. The summed E-state index contributed by atoms with van der Waals surface area (Å²) in [5, 5.41) is 15.0. The van der Waals surface area contributed by atoms with E-state index >= 15 is 0 Å². The van der Waals surface area contributed by atoms with Crippen LogP contribution in [0.3, 0.4) is 0 Å². The van der Waals surface area contributed by atoms with Crippen LogP contribution in [0, 0.1) is 18.3 Å². The van der Waals surface area contributed by atoms with Gasteiger partial charge in [-0.1, -0.05) is 45.7 Å². The van der Waals surface area contributed by atoms with E-state index in [1.807, 2.05) is 30.3 Å². The van der Waals surface area contributed by atoms with Gasteiger partial charge in [0.25, 0.3) is 5.56 Å². The number of halogens is 2. The molecule has 2 heterocycles. The minimum Gasteiger partial charge on any atom is -0.305 e. The molecule has 29 heavy (non-hydrogen) atoms. The van der Waals surface area contributed by atoms with Gasteiger partial charge in [-0.25, -0.2) is 9.67 Å². The predicted molar refractivity (Wildman–Crippen MR) is 117 cm³/mol. The van der Waals surface area contributed by atoms with Crippen LogP contribution in [0.4, 0.5) is 0 Å². The Labute approximate surface area is 179 Å². The lowest BCUT2D eigenvalue weighted by Gasteiger charge is -2.03. The standard InChI is InChI=1S/C21H13BrClN5O/c1-12-16(19(23)28(27-12)15-5-3-2-4-6-15)9-13(11-24)20-25-18-8-7-14(22)10-17(18)21(29)26-20/h2-10H,1H3,(H,25,26,29)/b13-9+. The number of aromatic amines is 1. The van der Waals surface area contributed by atoms with E-state index in [-0.39, 0.29) is 17.0 Å². The Morgan fingerprint density at radius 2 is 2.03 bits per heavy atom. The lowest BCUT2D eigenvalue weighted by Crippen LogP contribution is -2.11. The van der Waals surface area contributed by atoms with Gasteiger partial charge in [0.05, 0.1) is 27.9 Å². The molecular weight excluding hydrogens is 454 g/mol. The van der Waals surface area contributed by atoms with Crippen LogP contribution in [-0.2, 0) is 0 Å². The highest BCUT2D eigenvalue weighted by Gasteiger charge is 2.16. The number of benzene rings is 2. The number of fused-ring (bicyclic) bond motifs is 1. The molecule has 8 heteroatoms. The predicted octanol–water partition coefficient (Wildman–Crippen LogP) is 4.90. The zero-order chi connectivity index (χ0) is 20.5. The first-order valence-corrected chi connectivity index (χ1v) is 9.77. The van der Waals surface area contributed by atoms with Crippen molar-refractivity contribution in [3.05, 3.63) is 85.6 Å². The third-order valence-electron chi connectivity index (χ3n) is 4.38. The quantitative estimate of drug-likeness (QED) is 0.435. The Bertz CT molecular complexity index is 1370. The fourth-order valence-electron chi connectivity index (χ4n) is 2.95. The molecule has 0 saturated carbocycles. The smallest absolute Gasteiger partial charge is 0.259 e. The molecule has 4 rings (SSSR count). The summed E-state index contributed by atoms with van der Waals surface area (Å²) >= 11 is 9.89. The monoisotopic (exact) mass is 465 g/mol. The van der Waals surface area contributed by atoms with Crippen LogP contribution >= 0.6 is 27.5 Å². The van der Waals surface area contributed by atoms with Crippen molar-refractivity contribution in [2.24, 2.45) is 0 Å². The third kappa shape index (κ3) is 3.60. The van der Waals surface area contributed by atoms with Crippen LogP contribution in [0.1, 0.15) is 17.1 Å². The van der Waals surface area contributed by atoms with E-state index in [0.717, 1.165) is 10.2 Å². The minimum absolute atomic E-state index is 0.176. The summed E-state index contributed by atoms with van der Waals surface area (Å²) in [7, 11) is 0. The molecule has 0 aliphatic rings. The summed E-state index contributed by atoms with van der Waals surface area (Å²) in [5.74, 6) is 0.176. The van der Waals surface area contributed by atoms with Crippen molar-refractivity contribution >= 4 is 50.1 Å². The Hall–Kier alpha value is -3.21. The summed E-state index contributed by atoms with van der Waals surface area (Å²) < 4.78 is 2.38. The van der Waals surface area contributed by atoms with Gasteiger partial charge in [-0.2, -0.15) is 10.4 Å². The second-order valence-electron chi connectivity index (χ2n) is 6.28. The molecule has 0 saturated heterocycles. The average molecular weight is 467 g/mol. The zero-order valence-corrected chi connectivity index (χ0v) is 17.5. The number of nitrogens with zero attached hydrogens (tertiary/aromatic N) is 4. The Balaban J connectivity index is 1.85. The molecule has 0 fully saturated rings. The summed E-state index contributed by atoms with van der Waals surface area (Å²) in [5.41, 5.74) is 2.40. The molecule has 0 bridgehead atoms. The molecule has 0 unspecified atom stereocenters. The molecule has 0 amide bonds. The first-order chi connectivity index (χ1) is 14.0. The number of nitrogens with one attached hydrogen (secondary N) is 1. The van der Waals surface area contributed by atoms with Gasteiger partial charge in [0, 0.05) is 10.0 Å². The largest absolute Gasteiger partial charge is 0.305 e. The maximum Gasteiger partial charge on any atom is 0.259 e. The second-order valence-corrected chi connectivity index (χ2v) is 7.56. The lowest BCUT2D eigenvalue weighted by atomic mass is 10.1. The van der Waals surface area contributed by atoms with E-state index in [1.165, 1.54) is 0 Å². The summed E-state index contributed by atoms with van der Waals surface area (Å²) in [6, 6.07) is 16.8. The van der Waals surface area contributed by atoms with Crippen molar-refractivity contribution in [2.45, 2.75) is 6.92 Å². The number of allylic oxidation sites excluding steroid dienone is 1. The molecule has 0 aliphatic heterocycles. The van der Waals surface area contributed by atoms with Crippen molar-refractivity contribution in [1.82, 2.24) is 19.7 Å². The number of aryl methyl sites for hydroxylation is 1. The van der Waals surface area contributed by atoms with Gasteiger partial charge in [-0.3, -0.25) is 4.79 Å². The Morgan fingerprint density at radius 1 is 1.28 bits per heavy atom. The number of hydrogen-bond donors (Lipinski definition) is 1. The molecule has 2 aromatic heterocycles. The van der Waals surface area contributed by atoms with E-state index in [4.69, 9.17) is 11.6 Å². The van der Waals surface area contributed by atoms with Crippen molar-refractivity contribution in [1.29, 1.82) is 5.26 Å². The number of H-pyrrole nitrogens is 1. The van der Waals surface area contributed by atoms with Crippen molar-refractivity contribution in [2.75, 3.05) is 0 Å². The molecule has 0 aliphatic carbocycles. The Morgan fingerprint density at radius 3 is 2.76 bits per heavy atom. The van der Waals surface area contributed by atoms with E-state index in [1.54, 1.807) is 35.9 Å². The molecule has 6 nitrogen and oxygen atoms in total. The van der Waals surface area contributed by atoms with Crippen molar-refractivity contribution in [3.8, 4) is 11.8 Å². The van der Waals surface area contributed by atoms with Gasteiger partial charge in [0.1, 0.15) is 11.2 Å². The minimum atomic E-state index is -0.324. The molecule has 4 aromatic rings. The highest BCUT2D eigenvalue weighted by atomic mass is 79.9. The van der Waals surface area contributed by atoms with E-state index < -0.39 is 0 Å². The topological polar surface area (TPSA) is 87.4 Å². The van der Waals surface area contributed by atoms with Crippen LogP contribution in [0.5, 0.6) is 0 Å². The highest BCUT2D eigenvalue weighted by Crippen LogP contribution is 2.27. The van der Waals surface area contributed by atoms with Crippen LogP contribution in [0.25, 0.3) is 28.2 Å². The van der Waals surface area contributed by atoms with E-state index in [0.29, 0.717) is 27.3 Å².